The lowest BCUT2D eigenvalue weighted by atomic mass is 10.2. The number of ether oxygens (including phenoxy) is 1. The van der Waals surface area contributed by atoms with Crippen molar-refractivity contribution in [3.63, 3.8) is 0 Å². The monoisotopic (exact) mass is 379 g/mol. The SMILES string of the molecule is COCCNC(=O)c1cn2c(n1)[C@H](C)N(S(=O)(=O)c1cccnc1)CC2. The molecule has 0 fully saturated rings. The maximum Gasteiger partial charge on any atom is 0.271 e. The maximum atomic E-state index is 12.9. The van der Waals surface area contributed by atoms with E-state index in [9.17, 15) is 13.2 Å². The number of pyridine rings is 1. The van der Waals surface area contributed by atoms with Crippen LogP contribution in [0.3, 0.4) is 0 Å². The summed E-state index contributed by atoms with van der Waals surface area (Å²) < 4.78 is 33.9. The van der Waals surface area contributed by atoms with Gasteiger partial charge < -0.3 is 14.6 Å². The fraction of sp³-hybridized carbons (Fsp3) is 0.438. The summed E-state index contributed by atoms with van der Waals surface area (Å²) in [4.78, 5) is 20.5. The van der Waals surface area contributed by atoms with E-state index < -0.39 is 16.1 Å². The Balaban J connectivity index is 1.82. The molecule has 1 aliphatic heterocycles. The standard InChI is InChI=1S/C16H21N5O4S/c1-12-15-19-14(16(22)18-6-9-25-2)11-20(15)7-8-21(12)26(23,24)13-4-3-5-17-10-13/h3-5,10-12H,6-9H2,1-2H3,(H,18,22)/t12-/m0/s1. The summed E-state index contributed by atoms with van der Waals surface area (Å²) >= 11 is 0. The number of nitrogens with one attached hydrogen (secondary N) is 1. The molecule has 1 atom stereocenters. The zero-order valence-electron chi connectivity index (χ0n) is 14.6. The molecule has 10 heteroatoms. The molecule has 0 unspecified atom stereocenters. The molecule has 3 heterocycles. The van der Waals surface area contributed by atoms with Gasteiger partial charge in [-0.3, -0.25) is 9.78 Å². The molecule has 0 radical (unpaired) electrons. The lowest BCUT2D eigenvalue weighted by molar-refractivity contribution is 0.0932. The molecule has 140 valence electrons. The van der Waals surface area contributed by atoms with Crippen LogP contribution in [0.5, 0.6) is 0 Å². The third-order valence-electron chi connectivity index (χ3n) is 4.24. The second-order valence-corrected chi connectivity index (χ2v) is 7.80. The minimum Gasteiger partial charge on any atom is -0.383 e. The fourth-order valence-corrected chi connectivity index (χ4v) is 4.45. The van der Waals surface area contributed by atoms with Gasteiger partial charge in [0.2, 0.25) is 10.0 Å². The lowest BCUT2D eigenvalue weighted by Crippen LogP contribution is -2.41. The summed E-state index contributed by atoms with van der Waals surface area (Å²) in [6.07, 6.45) is 4.51. The number of imidazole rings is 1. The van der Waals surface area contributed by atoms with Crippen LogP contribution in [0.4, 0.5) is 0 Å². The predicted molar refractivity (Wildman–Crippen MR) is 93.0 cm³/mol. The van der Waals surface area contributed by atoms with Crippen LogP contribution in [0.15, 0.2) is 35.6 Å². The minimum absolute atomic E-state index is 0.143. The number of methoxy groups -OCH3 is 1. The summed E-state index contributed by atoms with van der Waals surface area (Å²) in [7, 11) is -2.13. The minimum atomic E-state index is -3.68. The molecule has 0 aliphatic carbocycles. The number of nitrogens with zero attached hydrogens (tertiary/aromatic N) is 4. The number of rotatable bonds is 6. The lowest BCUT2D eigenvalue weighted by Gasteiger charge is -2.32. The third-order valence-corrected chi connectivity index (χ3v) is 6.19. The van der Waals surface area contributed by atoms with Crippen molar-refractivity contribution in [2.75, 3.05) is 26.8 Å². The highest BCUT2D eigenvalue weighted by atomic mass is 32.2. The van der Waals surface area contributed by atoms with E-state index in [0.717, 1.165) is 0 Å². The first-order valence-corrected chi connectivity index (χ1v) is 9.65. The summed E-state index contributed by atoms with van der Waals surface area (Å²) in [6.45, 7) is 3.28. The molecule has 1 N–H and O–H groups in total. The summed E-state index contributed by atoms with van der Waals surface area (Å²) in [5.41, 5.74) is 0.267. The number of hydrogen-bond donors (Lipinski definition) is 1. The first-order valence-electron chi connectivity index (χ1n) is 8.21. The molecule has 0 bridgehead atoms. The van der Waals surface area contributed by atoms with Gasteiger partial charge in [-0.15, -0.1) is 0 Å². The van der Waals surface area contributed by atoms with Gasteiger partial charge in [0.1, 0.15) is 16.4 Å². The second kappa shape index (κ2) is 7.52. The number of sulfonamides is 1. The second-order valence-electron chi connectivity index (χ2n) is 5.91. The average Bonchev–Trinajstić information content (AvgIpc) is 3.08. The van der Waals surface area contributed by atoms with E-state index in [2.05, 4.69) is 15.3 Å². The van der Waals surface area contributed by atoms with Crippen LogP contribution in [-0.4, -0.2) is 60.0 Å². The van der Waals surface area contributed by atoms with Crippen LogP contribution in [-0.2, 0) is 21.3 Å². The van der Waals surface area contributed by atoms with E-state index in [0.29, 0.717) is 32.1 Å². The van der Waals surface area contributed by atoms with Crippen molar-refractivity contribution in [1.82, 2.24) is 24.2 Å². The molecule has 0 saturated heterocycles. The fourth-order valence-electron chi connectivity index (χ4n) is 2.90. The Kier molecular flexibility index (Phi) is 5.35. The van der Waals surface area contributed by atoms with Gasteiger partial charge in [0.05, 0.1) is 12.6 Å². The predicted octanol–water partition coefficient (Wildman–Crippen LogP) is 0.420. The number of hydrogen-bond acceptors (Lipinski definition) is 6. The topological polar surface area (TPSA) is 106 Å². The highest BCUT2D eigenvalue weighted by Gasteiger charge is 2.36. The highest BCUT2D eigenvalue weighted by Crippen LogP contribution is 2.30. The van der Waals surface area contributed by atoms with Crippen molar-refractivity contribution in [1.29, 1.82) is 0 Å². The van der Waals surface area contributed by atoms with Crippen molar-refractivity contribution in [2.45, 2.75) is 24.4 Å². The van der Waals surface area contributed by atoms with Crippen LogP contribution in [0.1, 0.15) is 29.3 Å². The quantitative estimate of drug-likeness (QED) is 0.729. The van der Waals surface area contributed by atoms with Crippen LogP contribution in [0, 0.1) is 0 Å². The van der Waals surface area contributed by atoms with Crippen molar-refractivity contribution < 1.29 is 17.9 Å². The van der Waals surface area contributed by atoms with Gasteiger partial charge in [-0.25, -0.2) is 13.4 Å². The Bertz CT molecular complexity index is 881. The van der Waals surface area contributed by atoms with Gasteiger partial charge in [-0.05, 0) is 19.1 Å². The molecule has 1 aliphatic rings. The van der Waals surface area contributed by atoms with Gasteiger partial charge in [-0.2, -0.15) is 4.31 Å². The van der Waals surface area contributed by atoms with Crippen LogP contribution < -0.4 is 5.32 Å². The zero-order valence-corrected chi connectivity index (χ0v) is 15.4. The molecule has 9 nitrogen and oxygen atoms in total. The first kappa shape index (κ1) is 18.5. The summed E-state index contributed by atoms with van der Waals surface area (Å²) in [5.74, 6) is 0.235. The van der Waals surface area contributed by atoms with Gasteiger partial charge in [0.25, 0.3) is 5.91 Å². The molecule has 2 aromatic rings. The van der Waals surface area contributed by atoms with Crippen LogP contribution >= 0.6 is 0 Å². The number of aromatic nitrogens is 3. The van der Waals surface area contributed by atoms with E-state index >= 15 is 0 Å². The first-order chi connectivity index (χ1) is 12.4. The molecular formula is C16H21N5O4S. The third kappa shape index (κ3) is 3.48. The molecule has 1 amide bonds. The summed E-state index contributed by atoms with van der Waals surface area (Å²) in [6, 6.07) is 2.62. The molecule has 0 saturated carbocycles. The largest absolute Gasteiger partial charge is 0.383 e. The van der Waals surface area contributed by atoms with E-state index in [1.54, 1.807) is 26.3 Å². The van der Waals surface area contributed by atoms with Gasteiger partial charge >= 0.3 is 0 Å². The number of fused-ring (bicyclic) bond motifs is 1. The van der Waals surface area contributed by atoms with Gasteiger partial charge in [-0.1, -0.05) is 0 Å². The van der Waals surface area contributed by atoms with E-state index in [-0.39, 0.29) is 16.5 Å². The Labute approximate surface area is 152 Å². The maximum absolute atomic E-state index is 12.9. The van der Waals surface area contributed by atoms with E-state index in [4.69, 9.17) is 4.74 Å². The average molecular weight is 379 g/mol. The number of amides is 1. The molecule has 3 rings (SSSR count). The van der Waals surface area contributed by atoms with Crippen molar-refractivity contribution in [3.05, 3.63) is 42.2 Å². The molecular weight excluding hydrogens is 358 g/mol. The van der Waals surface area contributed by atoms with Crippen molar-refractivity contribution >= 4 is 15.9 Å². The Hall–Kier alpha value is -2.30. The number of carbonyl (C=O) groups excluding carboxylic acids is 1. The van der Waals surface area contributed by atoms with Gasteiger partial charge in [0.15, 0.2) is 0 Å². The normalized spacial score (nSPS) is 17.7. The Morgan fingerprint density at radius 3 is 2.92 bits per heavy atom. The van der Waals surface area contributed by atoms with E-state index in [1.807, 2.05) is 4.57 Å². The van der Waals surface area contributed by atoms with Gasteiger partial charge in [0, 0.05) is 45.3 Å². The Morgan fingerprint density at radius 1 is 1.42 bits per heavy atom. The molecule has 0 spiro atoms. The number of carbonyl (C=O) groups is 1. The smallest absolute Gasteiger partial charge is 0.271 e. The highest BCUT2D eigenvalue weighted by molar-refractivity contribution is 7.89. The van der Waals surface area contributed by atoms with Crippen LogP contribution in [0.25, 0.3) is 0 Å². The van der Waals surface area contributed by atoms with E-state index in [1.165, 1.54) is 22.8 Å². The molecule has 2 aromatic heterocycles. The van der Waals surface area contributed by atoms with Crippen molar-refractivity contribution in [3.8, 4) is 0 Å². The molecule has 0 aromatic carbocycles. The zero-order chi connectivity index (χ0) is 18.7. The van der Waals surface area contributed by atoms with Crippen molar-refractivity contribution in [2.24, 2.45) is 0 Å². The molecule has 26 heavy (non-hydrogen) atoms. The summed E-state index contributed by atoms with van der Waals surface area (Å²) in [5, 5.41) is 2.71. The van der Waals surface area contributed by atoms with Crippen LogP contribution in [0.2, 0.25) is 0 Å². The Morgan fingerprint density at radius 2 is 2.23 bits per heavy atom.